The van der Waals surface area contributed by atoms with Crippen molar-refractivity contribution in [3.63, 3.8) is 0 Å². The second-order valence-electron chi connectivity index (χ2n) is 4.30. The van der Waals surface area contributed by atoms with Crippen LogP contribution < -0.4 is 10.6 Å². The van der Waals surface area contributed by atoms with E-state index in [0.717, 1.165) is 5.69 Å². The quantitative estimate of drug-likeness (QED) is 0.834. The smallest absolute Gasteiger partial charge is 0.335 e. The molecule has 0 amide bonds. The number of rotatable bonds is 3. The summed E-state index contributed by atoms with van der Waals surface area (Å²) in [6.45, 7) is 0. The van der Waals surface area contributed by atoms with E-state index in [2.05, 4.69) is 0 Å². The summed E-state index contributed by atoms with van der Waals surface area (Å²) >= 11 is 0. The number of carboxylic acids is 1. The van der Waals surface area contributed by atoms with Crippen LogP contribution in [0.3, 0.4) is 0 Å². The number of nitrogens with zero attached hydrogens (tertiary/aromatic N) is 2. The van der Waals surface area contributed by atoms with Gasteiger partial charge in [0.25, 0.3) is 0 Å². The van der Waals surface area contributed by atoms with Crippen LogP contribution in [-0.2, 0) is 0 Å². The molecular weight excluding hydrogens is 254 g/mol. The van der Waals surface area contributed by atoms with E-state index in [1.807, 2.05) is 6.07 Å². The van der Waals surface area contributed by atoms with Crippen molar-refractivity contribution in [3.05, 3.63) is 53.6 Å². The fourth-order valence-corrected chi connectivity index (χ4v) is 1.87. The molecule has 3 N–H and O–H groups in total. The average Bonchev–Trinajstić information content (AvgIpc) is 2.47. The molecule has 0 atom stereocenters. The highest BCUT2D eigenvalue weighted by Crippen LogP contribution is 2.30. The van der Waals surface area contributed by atoms with Gasteiger partial charge in [0, 0.05) is 12.7 Å². The molecule has 100 valence electrons. The van der Waals surface area contributed by atoms with Gasteiger partial charge in [-0.3, -0.25) is 0 Å². The van der Waals surface area contributed by atoms with Crippen LogP contribution in [0.1, 0.15) is 15.9 Å². The number of carbonyl (C=O) groups is 1. The van der Waals surface area contributed by atoms with Gasteiger partial charge in [-0.1, -0.05) is 0 Å². The van der Waals surface area contributed by atoms with E-state index in [1.54, 1.807) is 42.3 Å². The Morgan fingerprint density at radius 3 is 2.45 bits per heavy atom. The van der Waals surface area contributed by atoms with Crippen molar-refractivity contribution in [1.29, 1.82) is 5.26 Å². The number of anilines is 3. The number of benzene rings is 2. The van der Waals surface area contributed by atoms with Crippen molar-refractivity contribution >= 4 is 23.0 Å². The van der Waals surface area contributed by atoms with E-state index < -0.39 is 5.97 Å². The van der Waals surface area contributed by atoms with Crippen LogP contribution in [0.2, 0.25) is 0 Å². The average molecular weight is 267 g/mol. The van der Waals surface area contributed by atoms with Crippen molar-refractivity contribution in [2.45, 2.75) is 0 Å². The first kappa shape index (κ1) is 13.4. The lowest BCUT2D eigenvalue weighted by molar-refractivity contribution is 0.0697. The minimum Gasteiger partial charge on any atom is -0.478 e. The molecule has 2 rings (SSSR count). The van der Waals surface area contributed by atoms with E-state index >= 15 is 0 Å². The lowest BCUT2D eigenvalue weighted by Crippen LogP contribution is -2.12. The van der Waals surface area contributed by atoms with Gasteiger partial charge in [-0.25, -0.2) is 4.79 Å². The second kappa shape index (κ2) is 5.33. The molecule has 0 aliphatic rings. The fourth-order valence-electron chi connectivity index (χ4n) is 1.87. The summed E-state index contributed by atoms with van der Waals surface area (Å²) in [7, 11) is 1.79. The number of hydrogen-bond donors (Lipinski definition) is 2. The standard InChI is InChI=1S/C15H13N3O2/c1-18(12-5-2-10(9-16)3-6-12)14-8-11(15(19)20)4-7-13(14)17/h2-8H,17H2,1H3,(H,19,20). The minimum absolute atomic E-state index is 0.176. The molecule has 5 nitrogen and oxygen atoms in total. The van der Waals surface area contributed by atoms with E-state index in [9.17, 15) is 4.79 Å². The zero-order valence-electron chi connectivity index (χ0n) is 10.9. The third-order valence-corrected chi connectivity index (χ3v) is 3.02. The van der Waals surface area contributed by atoms with Crippen LogP contribution >= 0.6 is 0 Å². The summed E-state index contributed by atoms with van der Waals surface area (Å²) in [5.41, 5.74) is 8.55. The molecule has 0 aromatic heterocycles. The van der Waals surface area contributed by atoms with E-state index in [-0.39, 0.29) is 5.56 Å². The molecule has 0 radical (unpaired) electrons. The Labute approximate surface area is 116 Å². The van der Waals surface area contributed by atoms with Crippen LogP contribution in [0.25, 0.3) is 0 Å². The lowest BCUT2D eigenvalue weighted by atomic mass is 10.1. The van der Waals surface area contributed by atoms with Crippen LogP contribution in [-0.4, -0.2) is 18.1 Å². The predicted octanol–water partition coefficient (Wildman–Crippen LogP) is 2.61. The maximum atomic E-state index is 11.0. The summed E-state index contributed by atoms with van der Waals surface area (Å²) in [4.78, 5) is 12.8. The van der Waals surface area contributed by atoms with Gasteiger partial charge in [0.05, 0.1) is 28.6 Å². The fraction of sp³-hybridized carbons (Fsp3) is 0.0667. The molecule has 0 saturated heterocycles. The van der Waals surface area contributed by atoms with E-state index in [4.69, 9.17) is 16.1 Å². The Hall–Kier alpha value is -3.00. The molecule has 2 aromatic rings. The molecule has 20 heavy (non-hydrogen) atoms. The van der Waals surface area contributed by atoms with Crippen molar-refractivity contribution in [3.8, 4) is 6.07 Å². The highest BCUT2D eigenvalue weighted by Gasteiger charge is 2.11. The number of nitrogen functional groups attached to an aromatic ring is 1. The molecule has 0 aliphatic carbocycles. The molecule has 5 heteroatoms. The van der Waals surface area contributed by atoms with Crippen LogP contribution in [0.4, 0.5) is 17.1 Å². The minimum atomic E-state index is -1.00. The van der Waals surface area contributed by atoms with Crippen molar-refractivity contribution in [1.82, 2.24) is 0 Å². The van der Waals surface area contributed by atoms with Crippen LogP contribution in [0.5, 0.6) is 0 Å². The molecule has 0 heterocycles. The number of carboxylic acid groups (broad SMARTS) is 1. The first-order chi connectivity index (χ1) is 9.52. The molecule has 0 unspecified atom stereocenters. The zero-order chi connectivity index (χ0) is 14.7. The normalized spacial score (nSPS) is 9.80. The summed E-state index contributed by atoms with van der Waals surface area (Å²) in [6.07, 6.45) is 0. The van der Waals surface area contributed by atoms with Gasteiger partial charge in [-0.2, -0.15) is 5.26 Å². The number of hydrogen-bond acceptors (Lipinski definition) is 4. The van der Waals surface area contributed by atoms with Gasteiger partial charge in [-0.05, 0) is 42.5 Å². The van der Waals surface area contributed by atoms with Crippen LogP contribution in [0.15, 0.2) is 42.5 Å². The monoisotopic (exact) mass is 267 g/mol. The molecule has 0 spiro atoms. The van der Waals surface area contributed by atoms with Gasteiger partial charge in [0.15, 0.2) is 0 Å². The molecular formula is C15H13N3O2. The van der Waals surface area contributed by atoms with E-state index in [1.165, 1.54) is 12.1 Å². The molecule has 0 bridgehead atoms. The summed E-state index contributed by atoms with van der Waals surface area (Å²) < 4.78 is 0. The SMILES string of the molecule is CN(c1ccc(C#N)cc1)c1cc(C(=O)O)ccc1N. The number of aromatic carboxylic acids is 1. The molecule has 0 fully saturated rings. The molecule has 0 aliphatic heterocycles. The third-order valence-electron chi connectivity index (χ3n) is 3.02. The maximum Gasteiger partial charge on any atom is 0.335 e. The highest BCUT2D eigenvalue weighted by molar-refractivity contribution is 5.91. The van der Waals surface area contributed by atoms with Crippen molar-refractivity contribution in [2.75, 3.05) is 17.7 Å². The zero-order valence-corrected chi connectivity index (χ0v) is 10.9. The summed E-state index contributed by atoms with van der Waals surface area (Å²) in [6, 6.07) is 13.6. The Morgan fingerprint density at radius 1 is 1.25 bits per heavy atom. The number of nitriles is 1. The Morgan fingerprint density at radius 2 is 1.90 bits per heavy atom. The summed E-state index contributed by atoms with van der Waals surface area (Å²) in [5, 5.41) is 17.8. The molecule has 0 saturated carbocycles. The third kappa shape index (κ3) is 2.54. The van der Waals surface area contributed by atoms with E-state index in [0.29, 0.717) is 16.9 Å². The molecule has 2 aromatic carbocycles. The van der Waals surface area contributed by atoms with Gasteiger partial charge >= 0.3 is 5.97 Å². The number of nitrogens with two attached hydrogens (primary N) is 1. The van der Waals surface area contributed by atoms with Gasteiger partial charge in [0.1, 0.15) is 0 Å². The topological polar surface area (TPSA) is 90.3 Å². The van der Waals surface area contributed by atoms with Crippen molar-refractivity contribution in [2.24, 2.45) is 0 Å². The Kier molecular flexibility index (Phi) is 3.58. The van der Waals surface area contributed by atoms with Gasteiger partial charge < -0.3 is 15.7 Å². The predicted molar refractivity (Wildman–Crippen MR) is 77.0 cm³/mol. The second-order valence-corrected chi connectivity index (χ2v) is 4.30. The van der Waals surface area contributed by atoms with Crippen molar-refractivity contribution < 1.29 is 9.90 Å². The van der Waals surface area contributed by atoms with Gasteiger partial charge in [-0.15, -0.1) is 0 Å². The maximum absolute atomic E-state index is 11.0. The summed E-state index contributed by atoms with van der Waals surface area (Å²) in [5.74, 6) is -1.00. The van der Waals surface area contributed by atoms with Crippen LogP contribution in [0, 0.1) is 11.3 Å². The Balaban J connectivity index is 2.41. The first-order valence-electron chi connectivity index (χ1n) is 5.89. The highest BCUT2D eigenvalue weighted by atomic mass is 16.4. The largest absolute Gasteiger partial charge is 0.478 e. The lowest BCUT2D eigenvalue weighted by Gasteiger charge is -2.21. The Bertz CT molecular complexity index is 687. The van der Waals surface area contributed by atoms with Gasteiger partial charge in [0.2, 0.25) is 0 Å². The first-order valence-corrected chi connectivity index (χ1v) is 5.89.